The number of ether oxygens (including phenoxy) is 1. The quantitative estimate of drug-likeness (QED) is 0.547. The molecule has 2 unspecified atom stereocenters. The van der Waals surface area contributed by atoms with Crippen molar-refractivity contribution in [3.8, 4) is 0 Å². The highest BCUT2D eigenvalue weighted by atomic mass is 16.5. The zero-order valence-corrected chi connectivity index (χ0v) is 14.2. The number of hydrogen-bond donors (Lipinski definition) is 2. The Morgan fingerprint density at radius 3 is 2.38 bits per heavy atom. The largest absolute Gasteiger partial charge is 0.375 e. The molecule has 0 aromatic rings. The van der Waals surface area contributed by atoms with Crippen LogP contribution >= 0.6 is 0 Å². The summed E-state index contributed by atoms with van der Waals surface area (Å²) in [7, 11) is 0. The molecule has 1 saturated carbocycles. The van der Waals surface area contributed by atoms with Gasteiger partial charge in [0.15, 0.2) is 0 Å². The van der Waals surface area contributed by atoms with Crippen LogP contribution in [-0.2, 0) is 4.74 Å². The van der Waals surface area contributed by atoms with Crippen molar-refractivity contribution in [1.29, 1.82) is 0 Å². The molecule has 1 aliphatic heterocycles. The van der Waals surface area contributed by atoms with Gasteiger partial charge in [0.1, 0.15) is 0 Å². The van der Waals surface area contributed by atoms with Gasteiger partial charge in [-0.05, 0) is 50.4 Å². The first kappa shape index (κ1) is 17.2. The van der Waals surface area contributed by atoms with Crippen LogP contribution in [0.15, 0.2) is 0 Å². The molecule has 3 heteroatoms. The molecule has 0 bridgehead atoms. The van der Waals surface area contributed by atoms with Crippen molar-refractivity contribution in [2.75, 3.05) is 6.61 Å². The summed E-state index contributed by atoms with van der Waals surface area (Å²) in [6.45, 7) is 5.53. The molecule has 3 nitrogen and oxygen atoms in total. The minimum absolute atomic E-state index is 0.194. The van der Waals surface area contributed by atoms with Crippen LogP contribution in [0.4, 0.5) is 0 Å². The van der Waals surface area contributed by atoms with Gasteiger partial charge in [-0.1, -0.05) is 46.0 Å². The van der Waals surface area contributed by atoms with Gasteiger partial charge in [-0.2, -0.15) is 0 Å². The monoisotopic (exact) mass is 296 g/mol. The lowest BCUT2D eigenvalue weighted by Gasteiger charge is -2.46. The predicted molar refractivity (Wildman–Crippen MR) is 88.9 cm³/mol. The van der Waals surface area contributed by atoms with Crippen LogP contribution < -0.4 is 11.3 Å². The van der Waals surface area contributed by atoms with Gasteiger partial charge in [0.25, 0.3) is 0 Å². The minimum atomic E-state index is 0.194. The van der Waals surface area contributed by atoms with E-state index in [2.05, 4.69) is 19.3 Å². The maximum atomic E-state index is 6.26. The standard InChI is InChI=1S/C18H36N2O/c1-3-8-15(9-4-2)17(20-19)16-10-13-21-18(14-16)11-6-5-7-12-18/h15-17,20H,3-14,19H2,1-2H3. The summed E-state index contributed by atoms with van der Waals surface area (Å²) in [5.74, 6) is 7.42. The van der Waals surface area contributed by atoms with E-state index in [9.17, 15) is 0 Å². The number of hydrogen-bond acceptors (Lipinski definition) is 3. The van der Waals surface area contributed by atoms with Crippen molar-refractivity contribution < 1.29 is 4.74 Å². The molecule has 2 fully saturated rings. The van der Waals surface area contributed by atoms with E-state index in [-0.39, 0.29) is 5.60 Å². The number of hydrazine groups is 1. The lowest BCUT2D eigenvalue weighted by molar-refractivity contribution is -0.124. The third-order valence-electron chi connectivity index (χ3n) is 5.82. The normalized spacial score (nSPS) is 27.1. The Balaban J connectivity index is 2.02. The van der Waals surface area contributed by atoms with Crippen molar-refractivity contribution in [2.24, 2.45) is 17.7 Å². The summed E-state index contributed by atoms with van der Waals surface area (Å²) in [6, 6.07) is 0.479. The molecule has 0 aromatic heterocycles. The molecule has 0 aromatic carbocycles. The molecule has 1 saturated heterocycles. The summed E-state index contributed by atoms with van der Waals surface area (Å²) in [4.78, 5) is 0. The zero-order chi connectivity index (χ0) is 15.1. The predicted octanol–water partition coefficient (Wildman–Crippen LogP) is 4.16. The Morgan fingerprint density at radius 2 is 1.81 bits per heavy atom. The molecule has 2 rings (SSSR count). The van der Waals surface area contributed by atoms with Crippen molar-refractivity contribution in [3.05, 3.63) is 0 Å². The third kappa shape index (κ3) is 4.43. The second kappa shape index (κ2) is 8.50. The summed E-state index contributed by atoms with van der Waals surface area (Å²) in [5, 5.41) is 0. The van der Waals surface area contributed by atoms with E-state index in [0.29, 0.717) is 12.0 Å². The Bertz CT molecular complexity index is 277. The Kier molecular flexibility index (Phi) is 6.97. The molecular weight excluding hydrogens is 260 g/mol. The van der Waals surface area contributed by atoms with E-state index in [1.807, 2.05) is 0 Å². The number of nitrogens with two attached hydrogens (primary N) is 1. The summed E-state index contributed by atoms with van der Waals surface area (Å²) >= 11 is 0. The van der Waals surface area contributed by atoms with Crippen molar-refractivity contribution in [2.45, 2.75) is 96.1 Å². The van der Waals surface area contributed by atoms with Crippen LogP contribution in [0.25, 0.3) is 0 Å². The van der Waals surface area contributed by atoms with Crippen molar-refractivity contribution >= 4 is 0 Å². The van der Waals surface area contributed by atoms with Gasteiger partial charge in [0.05, 0.1) is 5.60 Å². The molecule has 2 aliphatic rings. The van der Waals surface area contributed by atoms with Gasteiger partial charge in [-0.15, -0.1) is 0 Å². The molecular formula is C18H36N2O. The highest BCUT2D eigenvalue weighted by molar-refractivity contribution is 4.94. The van der Waals surface area contributed by atoms with Gasteiger partial charge >= 0.3 is 0 Å². The second-order valence-electron chi connectivity index (χ2n) is 7.37. The average Bonchev–Trinajstić information content (AvgIpc) is 2.49. The first-order valence-corrected chi connectivity index (χ1v) is 9.34. The second-order valence-corrected chi connectivity index (χ2v) is 7.37. The van der Waals surface area contributed by atoms with E-state index >= 15 is 0 Å². The topological polar surface area (TPSA) is 47.3 Å². The molecule has 1 heterocycles. The summed E-state index contributed by atoms with van der Waals surface area (Å²) in [6.07, 6.45) is 14.2. The Labute approximate surface area is 131 Å². The van der Waals surface area contributed by atoms with Crippen LogP contribution in [0.1, 0.15) is 84.5 Å². The Hall–Kier alpha value is -0.120. The van der Waals surface area contributed by atoms with Crippen LogP contribution in [0.2, 0.25) is 0 Å². The molecule has 0 radical (unpaired) electrons. The third-order valence-corrected chi connectivity index (χ3v) is 5.82. The summed E-state index contributed by atoms with van der Waals surface area (Å²) < 4.78 is 6.26. The number of rotatable bonds is 7. The number of nitrogens with one attached hydrogen (secondary N) is 1. The maximum absolute atomic E-state index is 6.26. The van der Waals surface area contributed by atoms with Gasteiger partial charge < -0.3 is 4.74 Å². The van der Waals surface area contributed by atoms with Gasteiger partial charge in [-0.25, -0.2) is 0 Å². The summed E-state index contributed by atoms with van der Waals surface area (Å²) in [5.41, 5.74) is 3.40. The fourth-order valence-electron chi connectivity index (χ4n) is 4.82. The first-order valence-electron chi connectivity index (χ1n) is 9.34. The first-order chi connectivity index (χ1) is 10.2. The van der Waals surface area contributed by atoms with Gasteiger partial charge in [0, 0.05) is 12.6 Å². The SMILES string of the molecule is CCCC(CCC)C(NN)C1CCOC2(CCCCC2)C1. The van der Waals surface area contributed by atoms with Crippen LogP contribution in [0.3, 0.4) is 0 Å². The fourth-order valence-corrected chi connectivity index (χ4v) is 4.82. The van der Waals surface area contributed by atoms with E-state index < -0.39 is 0 Å². The van der Waals surface area contributed by atoms with E-state index in [4.69, 9.17) is 10.6 Å². The van der Waals surface area contributed by atoms with Crippen LogP contribution in [0.5, 0.6) is 0 Å². The molecule has 3 N–H and O–H groups in total. The molecule has 21 heavy (non-hydrogen) atoms. The van der Waals surface area contributed by atoms with E-state index in [1.54, 1.807) is 0 Å². The average molecular weight is 296 g/mol. The van der Waals surface area contributed by atoms with Gasteiger partial charge in [0.2, 0.25) is 0 Å². The van der Waals surface area contributed by atoms with Crippen molar-refractivity contribution in [3.63, 3.8) is 0 Å². The van der Waals surface area contributed by atoms with E-state index in [0.717, 1.165) is 12.5 Å². The lowest BCUT2D eigenvalue weighted by Crippen LogP contribution is -2.52. The van der Waals surface area contributed by atoms with Gasteiger partial charge in [-0.3, -0.25) is 11.3 Å². The zero-order valence-electron chi connectivity index (χ0n) is 14.2. The lowest BCUT2D eigenvalue weighted by atomic mass is 9.71. The van der Waals surface area contributed by atoms with Crippen LogP contribution in [0, 0.1) is 11.8 Å². The fraction of sp³-hybridized carbons (Fsp3) is 1.00. The smallest absolute Gasteiger partial charge is 0.0685 e. The molecule has 1 spiro atoms. The molecule has 124 valence electrons. The van der Waals surface area contributed by atoms with Crippen molar-refractivity contribution in [1.82, 2.24) is 5.43 Å². The Morgan fingerprint density at radius 1 is 1.14 bits per heavy atom. The van der Waals surface area contributed by atoms with E-state index in [1.165, 1.54) is 70.6 Å². The molecule has 0 amide bonds. The van der Waals surface area contributed by atoms with Crippen LogP contribution in [-0.4, -0.2) is 18.2 Å². The maximum Gasteiger partial charge on any atom is 0.0685 e. The molecule has 2 atom stereocenters. The highest BCUT2D eigenvalue weighted by Crippen LogP contribution is 2.43. The minimum Gasteiger partial charge on any atom is -0.375 e. The molecule has 1 aliphatic carbocycles. The highest BCUT2D eigenvalue weighted by Gasteiger charge is 2.41.